The highest BCUT2D eigenvalue weighted by molar-refractivity contribution is 6.03. The van der Waals surface area contributed by atoms with Crippen LogP contribution in [-0.2, 0) is 0 Å². The number of aliphatic imine (C=N–C) groups is 1. The molecule has 0 aromatic carbocycles. The fourth-order valence-electron chi connectivity index (χ4n) is 1.38. The number of carbonyl (C=O) groups is 1. The van der Waals surface area contributed by atoms with Crippen molar-refractivity contribution in [3.05, 3.63) is 53.8 Å². The monoisotopic (exact) mass is 225 g/mol. The van der Waals surface area contributed by atoms with Crippen molar-refractivity contribution in [2.45, 2.75) is 13.0 Å². The SMILES string of the molecule is CC(NC(=O)c1cccnc1)C1=NC=C=C=C1. The van der Waals surface area contributed by atoms with Crippen LogP contribution in [0.2, 0.25) is 0 Å². The van der Waals surface area contributed by atoms with Gasteiger partial charge in [-0.05, 0) is 19.1 Å². The van der Waals surface area contributed by atoms with Gasteiger partial charge >= 0.3 is 0 Å². The van der Waals surface area contributed by atoms with Gasteiger partial charge < -0.3 is 5.32 Å². The lowest BCUT2D eigenvalue weighted by molar-refractivity contribution is 0.0949. The van der Waals surface area contributed by atoms with Crippen molar-refractivity contribution in [2.75, 3.05) is 0 Å². The van der Waals surface area contributed by atoms with Crippen LogP contribution in [0, 0.1) is 0 Å². The summed E-state index contributed by atoms with van der Waals surface area (Å²) in [6, 6.07) is 3.27. The normalized spacial score (nSPS) is 14.3. The van der Waals surface area contributed by atoms with Crippen molar-refractivity contribution in [2.24, 2.45) is 4.99 Å². The average molecular weight is 225 g/mol. The van der Waals surface area contributed by atoms with Crippen LogP contribution in [0.1, 0.15) is 17.3 Å². The molecule has 1 N–H and O–H groups in total. The number of pyridine rings is 1. The van der Waals surface area contributed by atoms with Crippen LogP contribution in [0.5, 0.6) is 0 Å². The Labute approximate surface area is 99.1 Å². The number of hydrogen-bond donors (Lipinski definition) is 1. The minimum absolute atomic E-state index is 0.166. The van der Waals surface area contributed by atoms with Crippen molar-refractivity contribution in [3.63, 3.8) is 0 Å². The molecular formula is C13H11N3O. The van der Waals surface area contributed by atoms with E-state index >= 15 is 0 Å². The van der Waals surface area contributed by atoms with Crippen LogP contribution in [0.4, 0.5) is 0 Å². The molecule has 84 valence electrons. The van der Waals surface area contributed by atoms with E-state index in [0.29, 0.717) is 5.56 Å². The predicted octanol–water partition coefficient (Wildman–Crippen LogP) is 1.48. The molecule has 1 aromatic rings. The van der Waals surface area contributed by atoms with Crippen LogP contribution >= 0.6 is 0 Å². The van der Waals surface area contributed by atoms with E-state index in [9.17, 15) is 4.79 Å². The van der Waals surface area contributed by atoms with Gasteiger partial charge in [-0.25, -0.2) is 4.99 Å². The molecule has 0 bridgehead atoms. The first-order valence-corrected chi connectivity index (χ1v) is 5.22. The third-order valence-electron chi connectivity index (χ3n) is 2.30. The molecule has 2 rings (SSSR count). The van der Waals surface area contributed by atoms with Gasteiger partial charge in [0.25, 0.3) is 5.91 Å². The highest BCUT2D eigenvalue weighted by atomic mass is 16.1. The molecule has 0 fully saturated rings. The molecule has 0 saturated heterocycles. The zero-order valence-corrected chi connectivity index (χ0v) is 9.34. The van der Waals surface area contributed by atoms with Crippen LogP contribution in [-0.4, -0.2) is 22.6 Å². The minimum atomic E-state index is -0.173. The lowest BCUT2D eigenvalue weighted by Crippen LogP contribution is -2.37. The molecule has 4 nitrogen and oxygen atoms in total. The summed E-state index contributed by atoms with van der Waals surface area (Å²) in [6.07, 6.45) is 6.39. The second kappa shape index (κ2) is 5.08. The van der Waals surface area contributed by atoms with E-state index in [0.717, 1.165) is 5.71 Å². The average Bonchev–Trinajstić information content (AvgIpc) is 2.40. The number of carbonyl (C=O) groups excluding carboxylic acids is 1. The Morgan fingerprint density at radius 1 is 1.47 bits per heavy atom. The number of nitrogens with one attached hydrogen (secondary N) is 1. The van der Waals surface area contributed by atoms with E-state index in [1.807, 2.05) is 6.92 Å². The van der Waals surface area contributed by atoms with Crippen LogP contribution in [0.25, 0.3) is 0 Å². The first-order chi connectivity index (χ1) is 8.27. The van der Waals surface area contributed by atoms with E-state index in [2.05, 4.69) is 26.8 Å². The van der Waals surface area contributed by atoms with E-state index in [1.165, 1.54) is 12.4 Å². The second-order valence-corrected chi connectivity index (χ2v) is 3.55. The third-order valence-corrected chi connectivity index (χ3v) is 2.30. The number of hydrogen-bond acceptors (Lipinski definition) is 3. The molecule has 0 spiro atoms. The molecule has 0 aliphatic carbocycles. The Bertz CT molecular complexity index is 547. The predicted molar refractivity (Wildman–Crippen MR) is 64.8 cm³/mol. The lowest BCUT2D eigenvalue weighted by Gasteiger charge is -2.13. The van der Waals surface area contributed by atoms with Gasteiger partial charge in [0.05, 0.1) is 23.5 Å². The number of amides is 1. The molecule has 0 radical (unpaired) electrons. The van der Waals surface area contributed by atoms with E-state index < -0.39 is 0 Å². The standard InChI is InChI=1S/C13H11N3O/c1-10(12-6-2-3-8-15-12)16-13(17)11-5-4-7-14-9-11/h4-10H,1H3,(H,16,17). The first-order valence-electron chi connectivity index (χ1n) is 5.22. The minimum Gasteiger partial charge on any atom is -0.344 e. The number of aromatic nitrogens is 1. The molecule has 1 aliphatic rings. The summed E-state index contributed by atoms with van der Waals surface area (Å²) < 4.78 is 0. The maximum absolute atomic E-state index is 11.8. The van der Waals surface area contributed by atoms with Crippen molar-refractivity contribution in [1.29, 1.82) is 0 Å². The smallest absolute Gasteiger partial charge is 0.253 e. The van der Waals surface area contributed by atoms with Gasteiger partial charge in [0, 0.05) is 18.5 Å². The van der Waals surface area contributed by atoms with Gasteiger partial charge in [0.1, 0.15) is 0 Å². The van der Waals surface area contributed by atoms with Gasteiger partial charge in [-0.2, -0.15) is 0 Å². The third kappa shape index (κ3) is 2.79. The molecule has 1 unspecified atom stereocenters. The van der Waals surface area contributed by atoms with Crippen molar-refractivity contribution < 1.29 is 4.79 Å². The molecular weight excluding hydrogens is 214 g/mol. The lowest BCUT2D eigenvalue weighted by atomic mass is 10.1. The Morgan fingerprint density at radius 3 is 3.00 bits per heavy atom. The Hall–Kier alpha value is -2.41. The van der Waals surface area contributed by atoms with Gasteiger partial charge in [-0.3, -0.25) is 9.78 Å². The van der Waals surface area contributed by atoms with E-state index in [1.54, 1.807) is 24.4 Å². The molecule has 1 atom stereocenters. The fraction of sp³-hybridized carbons (Fsp3) is 0.154. The Kier molecular flexibility index (Phi) is 3.31. The molecule has 4 heteroatoms. The van der Waals surface area contributed by atoms with Crippen LogP contribution < -0.4 is 5.32 Å². The zero-order valence-electron chi connectivity index (χ0n) is 9.34. The summed E-state index contributed by atoms with van der Waals surface area (Å²) in [6.45, 7) is 1.87. The van der Waals surface area contributed by atoms with Crippen molar-refractivity contribution >= 4 is 11.6 Å². The van der Waals surface area contributed by atoms with Crippen LogP contribution in [0.15, 0.2) is 53.3 Å². The van der Waals surface area contributed by atoms with E-state index in [-0.39, 0.29) is 11.9 Å². The van der Waals surface area contributed by atoms with E-state index in [4.69, 9.17) is 0 Å². The van der Waals surface area contributed by atoms with Crippen molar-refractivity contribution in [1.82, 2.24) is 10.3 Å². The fourth-order valence-corrected chi connectivity index (χ4v) is 1.38. The number of rotatable bonds is 3. The summed E-state index contributed by atoms with van der Waals surface area (Å²) in [5.41, 5.74) is 6.80. The summed E-state index contributed by atoms with van der Waals surface area (Å²) in [7, 11) is 0. The van der Waals surface area contributed by atoms with Crippen LogP contribution in [0.3, 0.4) is 0 Å². The van der Waals surface area contributed by atoms with Gasteiger partial charge in [-0.1, -0.05) is 11.5 Å². The zero-order chi connectivity index (χ0) is 12.1. The first kappa shape index (κ1) is 11.1. The second-order valence-electron chi connectivity index (χ2n) is 3.55. The topological polar surface area (TPSA) is 54.4 Å². The maximum Gasteiger partial charge on any atom is 0.253 e. The number of nitrogens with zero attached hydrogens (tertiary/aromatic N) is 2. The quantitative estimate of drug-likeness (QED) is 0.792. The summed E-state index contributed by atoms with van der Waals surface area (Å²) >= 11 is 0. The summed E-state index contributed by atoms with van der Waals surface area (Å²) in [5.74, 6) is -0.166. The van der Waals surface area contributed by atoms with Gasteiger partial charge in [-0.15, -0.1) is 0 Å². The maximum atomic E-state index is 11.8. The molecule has 1 aromatic heterocycles. The Morgan fingerprint density at radius 2 is 2.35 bits per heavy atom. The molecule has 1 aliphatic heterocycles. The molecule has 2 heterocycles. The molecule has 1 amide bonds. The summed E-state index contributed by atoms with van der Waals surface area (Å²) in [4.78, 5) is 19.8. The van der Waals surface area contributed by atoms with Crippen molar-refractivity contribution in [3.8, 4) is 0 Å². The highest BCUT2D eigenvalue weighted by Crippen LogP contribution is 1.99. The van der Waals surface area contributed by atoms with Gasteiger partial charge in [0.2, 0.25) is 0 Å². The largest absolute Gasteiger partial charge is 0.344 e. The Balaban J connectivity index is 2.03. The van der Waals surface area contributed by atoms with Gasteiger partial charge in [0.15, 0.2) is 0 Å². The molecule has 0 saturated carbocycles. The highest BCUT2D eigenvalue weighted by Gasteiger charge is 2.13. The molecule has 17 heavy (non-hydrogen) atoms. The summed E-state index contributed by atoms with van der Waals surface area (Å²) in [5, 5.41) is 2.84.